The van der Waals surface area contributed by atoms with Crippen molar-refractivity contribution in [3.8, 4) is 0 Å². The highest BCUT2D eigenvalue weighted by Crippen LogP contribution is 2.42. The monoisotopic (exact) mass is 410 g/mol. The second kappa shape index (κ2) is 10.2. The highest BCUT2D eigenvalue weighted by atomic mass is 16.5. The zero-order valence-electron chi connectivity index (χ0n) is 18.9. The second-order valence-electron chi connectivity index (χ2n) is 10.5. The van der Waals surface area contributed by atoms with Crippen LogP contribution in [0.1, 0.15) is 84.0 Å². The first-order chi connectivity index (χ1) is 14.6. The van der Waals surface area contributed by atoms with Crippen LogP contribution in [0.5, 0.6) is 0 Å². The van der Waals surface area contributed by atoms with Crippen LogP contribution in [0.3, 0.4) is 0 Å². The summed E-state index contributed by atoms with van der Waals surface area (Å²) in [5.74, 6) is 4.79. The molecule has 4 aliphatic rings. The molecule has 3 heteroatoms. The van der Waals surface area contributed by atoms with Crippen molar-refractivity contribution in [1.82, 2.24) is 0 Å². The summed E-state index contributed by atoms with van der Waals surface area (Å²) in [6.45, 7) is 2.44. The molecule has 2 fully saturated rings. The minimum absolute atomic E-state index is 0.0205. The first-order valence-electron chi connectivity index (χ1n) is 12.5. The quantitative estimate of drug-likeness (QED) is 0.554. The van der Waals surface area contributed by atoms with Gasteiger partial charge in [0, 0.05) is 18.9 Å². The second-order valence-corrected chi connectivity index (χ2v) is 10.5. The van der Waals surface area contributed by atoms with Gasteiger partial charge in [0.2, 0.25) is 0 Å². The van der Waals surface area contributed by atoms with Crippen LogP contribution in [-0.4, -0.2) is 12.1 Å². The van der Waals surface area contributed by atoms with Crippen LogP contribution < -0.4 is 11.5 Å². The lowest BCUT2D eigenvalue weighted by atomic mass is 9.69. The molecule has 2 unspecified atom stereocenters. The molecule has 0 spiro atoms. The maximum atomic E-state index is 6.09. The van der Waals surface area contributed by atoms with Crippen LogP contribution in [0.4, 0.5) is 0 Å². The molecule has 0 radical (unpaired) electrons. The number of rotatable bonds is 6. The predicted octanol–water partition coefficient (Wildman–Crippen LogP) is 6.13. The minimum atomic E-state index is 0.0205. The smallest absolute Gasteiger partial charge is 0.138 e. The van der Waals surface area contributed by atoms with Crippen molar-refractivity contribution in [1.29, 1.82) is 0 Å². The van der Waals surface area contributed by atoms with Gasteiger partial charge in [-0.2, -0.15) is 0 Å². The lowest BCUT2D eigenvalue weighted by Crippen LogP contribution is -2.25. The normalized spacial score (nSPS) is 37.2. The van der Waals surface area contributed by atoms with E-state index < -0.39 is 0 Å². The van der Waals surface area contributed by atoms with Gasteiger partial charge in [-0.25, -0.2) is 0 Å². The van der Waals surface area contributed by atoms with Gasteiger partial charge in [-0.1, -0.05) is 56.4 Å². The van der Waals surface area contributed by atoms with Crippen LogP contribution in [0.15, 0.2) is 47.4 Å². The topological polar surface area (TPSA) is 61.3 Å². The number of ether oxygens (including phenoxy) is 1. The van der Waals surface area contributed by atoms with Gasteiger partial charge in [0.25, 0.3) is 0 Å². The first-order valence-corrected chi connectivity index (χ1v) is 12.5. The Morgan fingerprint density at radius 1 is 0.933 bits per heavy atom. The Morgan fingerprint density at radius 3 is 2.27 bits per heavy atom. The molecule has 4 N–H and O–H groups in total. The van der Waals surface area contributed by atoms with Gasteiger partial charge in [-0.05, 0) is 74.3 Å². The molecule has 0 aromatic heterocycles. The summed E-state index contributed by atoms with van der Waals surface area (Å²) >= 11 is 0. The lowest BCUT2D eigenvalue weighted by molar-refractivity contribution is 0.147. The molecular formula is C27H42N2O. The summed E-state index contributed by atoms with van der Waals surface area (Å²) in [5.41, 5.74) is 14.3. The molecule has 0 aliphatic heterocycles. The maximum absolute atomic E-state index is 6.09. The van der Waals surface area contributed by atoms with Crippen molar-refractivity contribution in [2.45, 2.75) is 96.1 Å². The summed E-state index contributed by atoms with van der Waals surface area (Å²) in [4.78, 5) is 0. The maximum Gasteiger partial charge on any atom is 0.138 e. The van der Waals surface area contributed by atoms with Gasteiger partial charge in [0.05, 0.1) is 5.70 Å². The highest BCUT2D eigenvalue weighted by Gasteiger charge is 2.29. The van der Waals surface area contributed by atoms with Crippen molar-refractivity contribution in [2.75, 3.05) is 0 Å². The van der Waals surface area contributed by atoms with E-state index in [9.17, 15) is 0 Å². The molecule has 4 aliphatic carbocycles. The number of hydrogen-bond acceptors (Lipinski definition) is 3. The van der Waals surface area contributed by atoms with E-state index in [1.807, 2.05) is 12.2 Å². The van der Waals surface area contributed by atoms with E-state index >= 15 is 0 Å². The standard InChI is InChI=1S/C27H42N2O/c1-19-2-10-22(11-3-19)23-12-6-20(7-13-23)4-5-21-8-15-25(16-9-21)30-27-17-14-24(28)18-26(27)29/h8-9,14-15,17,19-20,22-25H,2-7,10-13,16,18,28-29H2,1H3. The largest absolute Gasteiger partial charge is 0.484 e. The van der Waals surface area contributed by atoms with Crippen molar-refractivity contribution < 1.29 is 4.74 Å². The zero-order valence-corrected chi connectivity index (χ0v) is 18.9. The van der Waals surface area contributed by atoms with E-state index in [0.717, 1.165) is 41.5 Å². The summed E-state index contributed by atoms with van der Waals surface area (Å²) < 4.78 is 6.09. The van der Waals surface area contributed by atoms with Gasteiger partial charge < -0.3 is 16.2 Å². The molecular weight excluding hydrogens is 368 g/mol. The first kappa shape index (κ1) is 21.7. The lowest BCUT2D eigenvalue weighted by Gasteiger charge is -2.37. The molecule has 166 valence electrons. The van der Waals surface area contributed by atoms with Gasteiger partial charge >= 0.3 is 0 Å². The van der Waals surface area contributed by atoms with Crippen molar-refractivity contribution in [3.63, 3.8) is 0 Å². The van der Waals surface area contributed by atoms with E-state index in [1.165, 1.54) is 69.8 Å². The fourth-order valence-electron chi connectivity index (χ4n) is 6.01. The fourth-order valence-corrected chi connectivity index (χ4v) is 6.01. The van der Waals surface area contributed by atoms with E-state index in [1.54, 1.807) is 0 Å². The van der Waals surface area contributed by atoms with E-state index in [-0.39, 0.29) is 12.1 Å². The van der Waals surface area contributed by atoms with E-state index in [4.69, 9.17) is 16.2 Å². The Bertz CT molecular complexity index is 688. The molecule has 0 aromatic carbocycles. The average Bonchev–Trinajstić information content (AvgIpc) is 2.76. The highest BCUT2D eigenvalue weighted by molar-refractivity contribution is 5.28. The molecule has 0 bridgehead atoms. The van der Waals surface area contributed by atoms with Crippen LogP contribution in [0.25, 0.3) is 0 Å². The van der Waals surface area contributed by atoms with Crippen LogP contribution in [-0.2, 0) is 4.74 Å². The van der Waals surface area contributed by atoms with Crippen LogP contribution in [0.2, 0.25) is 0 Å². The van der Waals surface area contributed by atoms with E-state index in [0.29, 0.717) is 6.42 Å². The van der Waals surface area contributed by atoms with Gasteiger partial charge in [0.15, 0.2) is 0 Å². The van der Waals surface area contributed by atoms with Crippen molar-refractivity contribution in [2.24, 2.45) is 35.1 Å². The van der Waals surface area contributed by atoms with Crippen LogP contribution in [0, 0.1) is 23.7 Å². The Labute approximate surface area is 183 Å². The van der Waals surface area contributed by atoms with Gasteiger partial charge in [-0.3, -0.25) is 0 Å². The predicted molar refractivity (Wildman–Crippen MR) is 125 cm³/mol. The van der Waals surface area contributed by atoms with Crippen molar-refractivity contribution >= 4 is 0 Å². The summed E-state index contributed by atoms with van der Waals surface area (Å²) in [7, 11) is 0. The molecule has 2 saturated carbocycles. The Balaban J connectivity index is 1.15. The third kappa shape index (κ3) is 5.81. The summed E-state index contributed by atoms with van der Waals surface area (Å²) in [6.07, 6.45) is 26.9. The number of allylic oxidation sites excluding steroid dienone is 3. The van der Waals surface area contributed by atoms with Crippen molar-refractivity contribution in [3.05, 3.63) is 47.4 Å². The third-order valence-corrected chi connectivity index (χ3v) is 8.14. The third-order valence-electron chi connectivity index (χ3n) is 8.14. The summed E-state index contributed by atoms with van der Waals surface area (Å²) in [6, 6.07) is 0.0205. The molecule has 30 heavy (non-hydrogen) atoms. The molecule has 0 heterocycles. The fraction of sp³-hybridized carbons (Fsp3) is 0.704. The SMILES string of the molecule is CC1CCC(C2CCC(CCC3=CCC(OC4=C(N)CC(N)C=C4)C=C3)CC2)CC1. The molecule has 0 aromatic rings. The Kier molecular flexibility index (Phi) is 7.41. The summed E-state index contributed by atoms with van der Waals surface area (Å²) in [5, 5.41) is 0. The number of hydrogen-bond donors (Lipinski definition) is 2. The van der Waals surface area contributed by atoms with Crippen LogP contribution >= 0.6 is 0 Å². The molecule has 4 rings (SSSR count). The van der Waals surface area contributed by atoms with Gasteiger partial charge in [0.1, 0.15) is 11.9 Å². The molecule has 0 amide bonds. The molecule has 2 atom stereocenters. The van der Waals surface area contributed by atoms with E-state index in [2.05, 4.69) is 25.2 Å². The average molecular weight is 411 g/mol. The minimum Gasteiger partial charge on any atom is -0.484 e. The Hall–Kier alpha value is -1.48. The molecule has 3 nitrogen and oxygen atoms in total. The Morgan fingerprint density at radius 2 is 1.63 bits per heavy atom. The van der Waals surface area contributed by atoms with Gasteiger partial charge in [-0.15, -0.1) is 0 Å². The number of nitrogens with two attached hydrogens (primary N) is 2. The zero-order chi connectivity index (χ0) is 20.9. The molecule has 0 saturated heterocycles.